The summed E-state index contributed by atoms with van der Waals surface area (Å²) in [6.45, 7) is 0. The van der Waals surface area contributed by atoms with Gasteiger partial charge in [-0.25, -0.2) is 9.98 Å². The number of hydrogen-bond donors (Lipinski definition) is 1. The van der Waals surface area contributed by atoms with Gasteiger partial charge in [-0.2, -0.15) is 0 Å². The van der Waals surface area contributed by atoms with Gasteiger partial charge < -0.3 is 10.1 Å². The third-order valence-electron chi connectivity index (χ3n) is 3.22. The number of pyridine rings is 1. The fourth-order valence-corrected chi connectivity index (χ4v) is 3.11. The minimum atomic E-state index is -0.171. The molecule has 22 heavy (non-hydrogen) atoms. The largest absolute Gasteiger partial charge is 0.497 e. The van der Waals surface area contributed by atoms with Crippen LogP contribution in [-0.2, 0) is 11.2 Å². The quantitative estimate of drug-likeness (QED) is 0.942. The molecule has 1 amide bonds. The summed E-state index contributed by atoms with van der Waals surface area (Å²) in [7, 11) is 1.63. The number of aromatic nitrogens is 1. The van der Waals surface area contributed by atoms with Crippen molar-refractivity contribution in [2.24, 2.45) is 4.99 Å². The van der Waals surface area contributed by atoms with Crippen LogP contribution in [0.25, 0.3) is 0 Å². The van der Waals surface area contributed by atoms with Crippen LogP contribution in [0.4, 0.5) is 5.82 Å². The van der Waals surface area contributed by atoms with Gasteiger partial charge >= 0.3 is 0 Å². The maximum Gasteiger partial charge on any atom is 0.239 e. The lowest BCUT2D eigenvalue weighted by Crippen LogP contribution is -2.25. The third kappa shape index (κ3) is 3.46. The van der Waals surface area contributed by atoms with Gasteiger partial charge in [0.05, 0.1) is 12.4 Å². The number of hydrogen-bond acceptors (Lipinski definition) is 5. The fraction of sp³-hybridized carbons (Fsp3) is 0.188. The van der Waals surface area contributed by atoms with Crippen LogP contribution in [0.15, 0.2) is 53.7 Å². The van der Waals surface area contributed by atoms with Crippen molar-refractivity contribution in [3.8, 4) is 5.75 Å². The summed E-state index contributed by atoms with van der Waals surface area (Å²) in [6, 6.07) is 13.2. The Hall–Kier alpha value is -2.34. The van der Waals surface area contributed by atoms with Crippen LogP contribution < -0.4 is 10.1 Å². The molecule has 1 aromatic heterocycles. The highest BCUT2D eigenvalue weighted by Gasteiger charge is 2.30. The SMILES string of the molecule is COc1ccc(C[C@@H]2S/C(=N/c3ccccn3)NC2=O)cc1. The Morgan fingerprint density at radius 1 is 1.27 bits per heavy atom. The van der Waals surface area contributed by atoms with E-state index < -0.39 is 0 Å². The molecular weight excluding hydrogens is 298 g/mol. The predicted octanol–water partition coefficient (Wildman–Crippen LogP) is 2.55. The van der Waals surface area contributed by atoms with Crippen molar-refractivity contribution in [2.75, 3.05) is 7.11 Å². The van der Waals surface area contributed by atoms with E-state index in [-0.39, 0.29) is 11.2 Å². The van der Waals surface area contributed by atoms with Gasteiger partial charge in [0.1, 0.15) is 5.75 Å². The van der Waals surface area contributed by atoms with E-state index in [9.17, 15) is 4.79 Å². The second kappa shape index (κ2) is 6.62. The normalized spacial score (nSPS) is 19.2. The molecule has 0 spiro atoms. The summed E-state index contributed by atoms with van der Waals surface area (Å²) in [5.74, 6) is 1.38. The molecule has 0 aliphatic carbocycles. The first-order chi connectivity index (χ1) is 10.7. The molecule has 1 fully saturated rings. The molecule has 0 saturated carbocycles. The molecule has 0 unspecified atom stereocenters. The van der Waals surface area contributed by atoms with Crippen molar-refractivity contribution in [1.29, 1.82) is 0 Å². The van der Waals surface area contributed by atoms with Crippen LogP contribution in [0.2, 0.25) is 0 Å². The van der Waals surface area contributed by atoms with Crippen molar-refractivity contribution in [2.45, 2.75) is 11.7 Å². The zero-order valence-corrected chi connectivity index (χ0v) is 12.8. The topological polar surface area (TPSA) is 63.6 Å². The number of aliphatic imine (C=N–C) groups is 1. The highest BCUT2D eigenvalue weighted by Crippen LogP contribution is 2.25. The van der Waals surface area contributed by atoms with Crippen LogP contribution in [0.1, 0.15) is 5.56 Å². The molecule has 5 nitrogen and oxygen atoms in total. The lowest BCUT2D eigenvalue weighted by molar-refractivity contribution is -0.118. The summed E-state index contributed by atoms with van der Waals surface area (Å²) in [5, 5.41) is 3.23. The van der Waals surface area contributed by atoms with E-state index in [1.165, 1.54) is 11.8 Å². The van der Waals surface area contributed by atoms with E-state index in [0.717, 1.165) is 11.3 Å². The maximum atomic E-state index is 12.0. The smallest absolute Gasteiger partial charge is 0.239 e. The number of nitrogens with one attached hydrogen (secondary N) is 1. The monoisotopic (exact) mass is 313 g/mol. The predicted molar refractivity (Wildman–Crippen MR) is 87.6 cm³/mol. The highest BCUT2D eigenvalue weighted by atomic mass is 32.2. The zero-order valence-electron chi connectivity index (χ0n) is 12.0. The lowest BCUT2D eigenvalue weighted by Gasteiger charge is -2.06. The van der Waals surface area contributed by atoms with Crippen LogP contribution in [0.5, 0.6) is 5.75 Å². The Morgan fingerprint density at radius 3 is 2.77 bits per heavy atom. The fourth-order valence-electron chi connectivity index (χ4n) is 2.09. The van der Waals surface area contributed by atoms with E-state index >= 15 is 0 Å². The highest BCUT2D eigenvalue weighted by molar-refractivity contribution is 8.15. The maximum absolute atomic E-state index is 12.0. The number of carbonyl (C=O) groups excluding carboxylic acids is 1. The minimum absolute atomic E-state index is 0.0181. The molecule has 0 radical (unpaired) electrons. The molecule has 2 aromatic rings. The first kappa shape index (κ1) is 14.6. The average Bonchev–Trinajstić information content (AvgIpc) is 2.88. The Kier molecular flexibility index (Phi) is 4.39. The minimum Gasteiger partial charge on any atom is -0.497 e. The molecule has 1 aromatic carbocycles. The Balaban J connectivity index is 1.68. The van der Waals surface area contributed by atoms with Gasteiger partial charge in [-0.05, 0) is 36.2 Å². The number of amides is 1. The number of amidine groups is 1. The van der Waals surface area contributed by atoms with Gasteiger partial charge in [0.2, 0.25) is 5.91 Å². The van der Waals surface area contributed by atoms with E-state index in [2.05, 4.69) is 15.3 Å². The number of carbonyl (C=O) groups is 1. The molecule has 1 aliphatic rings. The number of thioether (sulfide) groups is 1. The molecule has 1 aliphatic heterocycles. The number of rotatable bonds is 4. The van der Waals surface area contributed by atoms with Gasteiger partial charge in [-0.15, -0.1) is 0 Å². The Morgan fingerprint density at radius 2 is 2.09 bits per heavy atom. The van der Waals surface area contributed by atoms with Crippen molar-refractivity contribution >= 4 is 28.7 Å². The third-order valence-corrected chi connectivity index (χ3v) is 4.30. The van der Waals surface area contributed by atoms with Gasteiger partial charge in [-0.3, -0.25) is 4.79 Å². The van der Waals surface area contributed by atoms with Crippen LogP contribution in [-0.4, -0.2) is 28.4 Å². The zero-order chi connectivity index (χ0) is 15.4. The molecule has 3 rings (SSSR count). The van der Waals surface area contributed by atoms with E-state index in [1.54, 1.807) is 19.4 Å². The van der Waals surface area contributed by atoms with Crippen LogP contribution in [0.3, 0.4) is 0 Å². The molecule has 112 valence electrons. The summed E-state index contributed by atoms with van der Waals surface area (Å²) in [5.41, 5.74) is 1.09. The van der Waals surface area contributed by atoms with Crippen molar-refractivity contribution < 1.29 is 9.53 Å². The molecular formula is C16H15N3O2S. The molecule has 6 heteroatoms. The van der Waals surface area contributed by atoms with Gasteiger partial charge in [0.25, 0.3) is 0 Å². The van der Waals surface area contributed by atoms with Gasteiger partial charge in [0.15, 0.2) is 11.0 Å². The Bertz CT molecular complexity index is 686. The summed E-state index contributed by atoms with van der Waals surface area (Å²) in [6.07, 6.45) is 2.33. The van der Waals surface area contributed by atoms with Crippen molar-refractivity contribution in [1.82, 2.24) is 10.3 Å². The molecule has 1 atom stereocenters. The summed E-state index contributed by atoms with van der Waals surface area (Å²) in [4.78, 5) is 20.5. The molecule has 2 heterocycles. The van der Waals surface area contributed by atoms with Gasteiger partial charge in [-0.1, -0.05) is 30.0 Å². The standard InChI is InChI=1S/C16H15N3O2S/c1-21-12-7-5-11(6-8-12)10-13-15(20)19-16(22-13)18-14-4-2-3-9-17-14/h2-9,13H,10H2,1H3,(H,17,18,19,20)/t13-/m0/s1. The van der Waals surface area contributed by atoms with Gasteiger partial charge in [0, 0.05) is 6.20 Å². The number of ether oxygens (including phenoxy) is 1. The number of methoxy groups -OCH3 is 1. The lowest BCUT2D eigenvalue weighted by atomic mass is 10.1. The van der Waals surface area contributed by atoms with Crippen LogP contribution in [0, 0.1) is 0 Å². The summed E-state index contributed by atoms with van der Waals surface area (Å²) < 4.78 is 5.13. The van der Waals surface area contributed by atoms with E-state index in [0.29, 0.717) is 17.4 Å². The second-order valence-electron chi connectivity index (χ2n) is 4.75. The van der Waals surface area contributed by atoms with E-state index in [1.807, 2.05) is 36.4 Å². The Labute approximate surface area is 132 Å². The first-order valence-corrected chi connectivity index (χ1v) is 7.73. The number of nitrogens with zero attached hydrogens (tertiary/aromatic N) is 2. The molecule has 1 saturated heterocycles. The van der Waals surface area contributed by atoms with Crippen molar-refractivity contribution in [3.63, 3.8) is 0 Å². The molecule has 1 N–H and O–H groups in total. The second-order valence-corrected chi connectivity index (χ2v) is 5.94. The summed E-state index contributed by atoms with van der Waals surface area (Å²) >= 11 is 1.44. The van der Waals surface area contributed by atoms with Crippen molar-refractivity contribution in [3.05, 3.63) is 54.2 Å². The number of benzene rings is 1. The van der Waals surface area contributed by atoms with E-state index in [4.69, 9.17) is 4.74 Å². The first-order valence-electron chi connectivity index (χ1n) is 6.85. The van der Waals surface area contributed by atoms with Crippen LogP contribution >= 0.6 is 11.8 Å². The molecule has 0 bridgehead atoms. The average molecular weight is 313 g/mol.